The van der Waals surface area contributed by atoms with Crippen LogP contribution in [-0.4, -0.2) is 11.5 Å². The Hall–Kier alpha value is -2.06. The smallest absolute Gasteiger partial charge is 0.0497 e. The zero-order valence-corrected chi connectivity index (χ0v) is 14.2. The predicted molar refractivity (Wildman–Crippen MR) is 99.8 cm³/mol. The van der Waals surface area contributed by atoms with E-state index < -0.39 is 0 Å². The molecular formula is C21H26N2. The first-order valence-electron chi connectivity index (χ1n) is 8.64. The van der Waals surface area contributed by atoms with Crippen molar-refractivity contribution < 1.29 is 0 Å². The summed E-state index contributed by atoms with van der Waals surface area (Å²) in [5.41, 5.74) is 13.7. The van der Waals surface area contributed by atoms with E-state index in [2.05, 4.69) is 61.3 Å². The average molecular weight is 306 g/mol. The van der Waals surface area contributed by atoms with Gasteiger partial charge in [-0.05, 0) is 55.8 Å². The van der Waals surface area contributed by atoms with Gasteiger partial charge < -0.3 is 10.7 Å². The quantitative estimate of drug-likeness (QED) is 0.619. The normalized spacial score (nSPS) is 11.3. The molecule has 0 atom stereocenters. The van der Waals surface area contributed by atoms with Crippen LogP contribution in [0.2, 0.25) is 0 Å². The largest absolute Gasteiger partial charge is 0.354 e. The molecule has 0 unspecified atom stereocenters. The Bertz CT molecular complexity index is 781. The number of aryl methyl sites for hydroxylation is 3. The lowest BCUT2D eigenvalue weighted by atomic mass is 9.98. The van der Waals surface area contributed by atoms with Crippen LogP contribution >= 0.6 is 0 Å². The zero-order chi connectivity index (χ0) is 16.2. The lowest BCUT2D eigenvalue weighted by Gasteiger charge is -2.06. The Morgan fingerprint density at radius 1 is 1.00 bits per heavy atom. The molecule has 0 radical (unpaired) electrons. The summed E-state index contributed by atoms with van der Waals surface area (Å²) < 4.78 is 0. The molecule has 0 spiro atoms. The first kappa shape index (κ1) is 15.8. The highest BCUT2D eigenvalue weighted by molar-refractivity contribution is 5.92. The maximum absolute atomic E-state index is 5.68. The number of aromatic amines is 1. The zero-order valence-electron chi connectivity index (χ0n) is 14.2. The minimum atomic E-state index is 0.766. The van der Waals surface area contributed by atoms with Crippen LogP contribution in [0.3, 0.4) is 0 Å². The van der Waals surface area contributed by atoms with Crippen molar-refractivity contribution in [2.45, 2.75) is 39.5 Å². The van der Waals surface area contributed by atoms with Crippen molar-refractivity contribution in [1.29, 1.82) is 0 Å². The van der Waals surface area contributed by atoms with Gasteiger partial charge in [0.05, 0.1) is 0 Å². The Balaban J connectivity index is 2.14. The topological polar surface area (TPSA) is 41.8 Å². The molecule has 0 amide bonds. The monoisotopic (exact) mass is 306 g/mol. The van der Waals surface area contributed by atoms with E-state index in [1.54, 1.807) is 0 Å². The van der Waals surface area contributed by atoms with Crippen molar-refractivity contribution in [1.82, 2.24) is 4.98 Å². The van der Waals surface area contributed by atoms with Gasteiger partial charge in [0.1, 0.15) is 0 Å². The highest BCUT2D eigenvalue weighted by Gasteiger charge is 2.14. The van der Waals surface area contributed by atoms with Crippen molar-refractivity contribution in [2.75, 3.05) is 6.54 Å². The van der Waals surface area contributed by atoms with Gasteiger partial charge in [-0.1, -0.05) is 55.0 Å². The fourth-order valence-electron chi connectivity index (χ4n) is 3.30. The molecule has 1 heterocycles. The summed E-state index contributed by atoms with van der Waals surface area (Å²) in [6, 6.07) is 15.5. The van der Waals surface area contributed by atoms with Crippen LogP contribution in [0.1, 0.15) is 36.5 Å². The summed E-state index contributed by atoms with van der Waals surface area (Å²) in [7, 11) is 0. The second-order valence-corrected chi connectivity index (χ2v) is 6.28. The molecule has 2 aromatic carbocycles. The Kier molecular flexibility index (Phi) is 4.82. The van der Waals surface area contributed by atoms with E-state index >= 15 is 0 Å². The first-order chi connectivity index (χ1) is 11.2. The molecular weight excluding hydrogens is 280 g/mol. The number of benzene rings is 2. The third kappa shape index (κ3) is 3.18. The summed E-state index contributed by atoms with van der Waals surface area (Å²) >= 11 is 0. The third-order valence-corrected chi connectivity index (χ3v) is 4.63. The van der Waals surface area contributed by atoms with Crippen molar-refractivity contribution in [2.24, 2.45) is 5.73 Å². The number of hydrogen-bond donors (Lipinski definition) is 2. The van der Waals surface area contributed by atoms with Gasteiger partial charge in [-0.2, -0.15) is 0 Å². The van der Waals surface area contributed by atoms with Gasteiger partial charge in [0.25, 0.3) is 0 Å². The summed E-state index contributed by atoms with van der Waals surface area (Å²) in [6.07, 6.45) is 4.34. The number of unbranched alkanes of at least 4 members (excludes halogenated alkanes) is 1. The maximum atomic E-state index is 5.68. The highest BCUT2D eigenvalue weighted by Crippen LogP contribution is 2.33. The number of rotatable bonds is 6. The minimum absolute atomic E-state index is 0.766. The van der Waals surface area contributed by atoms with Gasteiger partial charge in [0, 0.05) is 16.6 Å². The van der Waals surface area contributed by atoms with E-state index in [1.807, 2.05) is 0 Å². The van der Waals surface area contributed by atoms with Gasteiger partial charge in [-0.25, -0.2) is 0 Å². The average Bonchev–Trinajstić information content (AvgIpc) is 2.94. The van der Waals surface area contributed by atoms with Crippen LogP contribution < -0.4 is 5.73 Å². The number of H-pyrrole nitrogens is 1. The number of fused-ring (bicyclic) bond motifs is 1. The molecule has 2 heteroatoms. The van der Waals surface area contributed by atoms with Crippen LogP contribution in [0.5, 0.6) is 0 Å². The van der Waals surface area contributed by atoms with E-state index in [4.69, 9.17) is 5.73 Å². The molecule has 0 fully saturated rings. The van der Waals surface area contributed by atoms with Crippen molar-refractivity contribution in [3.63, 3.8) is 0 Å². The third-order valence-electron chi connectivity index (χ3n) is 4.63. The van der Waals surface area contributed by atoms with E-state index in [0.29, 0.717) is 0 Å². The molecule has 0 bridgehead atoms. The maximum Gasteiger partial charge on any atom is 0.0497 e. The number of hydrogen-bond acceptors (Lipinski definition) is 1. The van der Waals surface area contributed by atoms with Crippen LogP contribution in [0, 0.1) is 6.92 Å². The summed E-state index contributed by atoms with van der Waals surface area (Å²) in [5.74, 6) is 0. The van der Waals surface area contributed by atoms with Gasteiger partial charge in [0.2, 0.25) is 0 Å². The summed E-state index contributed by atoms with van der Waals surface area (Å²) in [5, 5.41) is 1.37. The number of nitrogens with two attached hydrogens (primary N) is 1. The van der Waals surface area contributed by atoms with E-state index in [-0.39, 0.29) is 0 Å². The first-order valence-corrected chi connectivity index (χ1v) is 8.64. The second kappa shape index (κ2) is 7.01. The Morgan fingerprint density at radius 2 is 1.78 bits per heavy atom. The molecule has 0 aliphatic carbocycles. The molecule has 3 N–H and O–H groups in total. The lowest BCUT2D eigenvalue weighted by molar-refractivity contribution is 0.748. The van der Waals surface area contributed by atoms with Crippen LogP contribution in [0.4, 0.5) is 0 Å². The molecule has 3 rings (SSSR count). The van der Waals surface area contributed by atoms with E-state index in [0.717, 1.165) is 32.2 Å². The predicted octanol–water partition coefficient (Wildman–Crippen LogP) is 4.99. The number of nitrogens with one attached hydrogen (secondary N) is 1. The van der Waals surface area contributed by atoms with Crippen LogP contribution in [-0.2, 0) is 12.8 Å². The van der Waals surface area contributed by atoms with Crippen LogP contribution in [0.25, 0.3) is 22.2 Å². The fraction of sp³-hybridized carbons (Fsp3) is 0.333. The van der Waals surface area contributed by atoms with Crippen molar-refractivity contribution in [3.05, 3.63) is 59.2 Å². The molecule has 0 aliphatic heterocycles. The van der Waals surface area contributed by atoms with E-state index in [1.165, 1.54) is 38.9 Å². The van der Waals surface area contributed by atoms with Crippen molar-refractivity contribution >= 4 is 10.9 Å². The second-order valence-electron chi connectivity index (χ2n) is 6.28. The molecule has 0 aliphatic rings. The van der Waals surface area contributed by atoms with Gasteiger partial charge in [-0.15, -0.1) is 0 Å². The van der Waals surface area contributed by atoms with Crippen molar-refractivity contribution in [3.8, 4) is 11.3 Å². The highest BCUT2D eigenvalue weighted by atomic mass is 14.7. The molecule has 0 saturated heterocycles. The van der Waals surface area contributed by atoms with E-state index in [9.17, 15) is 0 Å². The number of aromatic nitrogens is 1. The molecule has 3 aromatic rings. The molecule has 1 aromatic heterocycles. The lowest BCUT2D eigenvalue weighted by Crippen LogP contribution is -1.99. The fourth-order valence-corrected chi connectivity index (χ4v) is 3.30. The SMILES string of the molecule is CCc1cccc2c(CCCCN)c(-c3ccc(C)cc3)[nH]c12. The van der Waals surface area contributed by atoms with Gasteiger partial charge >= 0.3 is 0 Å². The van der Waals surface area contributed by atoms with Gasteiger partial charge in [-0.3, -0.25) is 0 Å². The Morgan fingerprint density at radius 3 is 2.48 bits per heavy atom. The van der Waals surface area contributed by atoms with Gasteiger partial charge in [0.15, 0.2) is 0 Å². The Labute approximate surface area is 138 Å². The molecule has 0 saturated carbocycles. The standard InChI is InChI=1S/C21H26N2/c1-3-16-7-6-9-19-18(8-4-5-14-22)21(23-20(16)19)17-12-10-15(2)11-13-17/h6-7,9-13,23H,3-5,8,14,22H2,1-2H3. The molecule has 23 heavy (non-hydrogen) atoms. The minimum Gasteiger partial charge on any atom is -0.354 e. The van der Waals surface area contributed by atoms with Crippen LogP contribution in [0.15, 0.2) is 42.5 Å². The number of para-hydroxylation sites is 1. The summed E-state index contributed by atoms with van der Waals surface area (Å²) in [6.45, 7) is 5.12. The summed E-state index contributed by atoms with van der Waals surface area (Å²) in [4.78, 5) is 3.72. The molecule has 120 valence electrons. The molecule has 2 nitrogen and oxygen atoms in total.